The Morgan fingerprint density at radius 2 is 1.71 bits per heavy atom. The molecule has 0 bridgehead atoms. The first-order chi connectivity index (χ1) is 13.2. The van der Waals surface area contributed by atoms with Gasteiger partial charge in [0.15, 0.2) is 4.80 Å². The first kappa shape index (κ1) is 21.2. The van der Waals surface area contributed by atoms with Crippen molar-refractivity contribution in [2.75, 3.05) is 0 Å². The quantitative estimate of drug-likeness (QED) is 0.515. The fraction of sp³-hybridized carbons (Fsp3) is 0.571. The summed E-state index contributed by atoms with van der Waals surface area (Å²) in [5.41, 5.74) is 2.17. The molecule has 2 saturated carbocycles. The molecular weight excluding hydrogens is 438 g/mol. The normalized spacial score (nSPS) is 19.4. The van der Waals surface area contributed by atoms with Crippen LogP contribution < -0.4 is 21.8 Å². The average molecular weight is 465 g/mol. The van der Waals surface area contributed by atoms with Crippen molar-refractivity contribution in [3.8, 4) is 11.3 Å². The second-order valence-corrected chi connectivity index (χ2v) is 8.63. The number of halogens is 1. The number of hydrogen-bond acceptors (Lipinski definition) is 4. The fourth-order valence-corrected chi connectivity index (χ4v) is 5.50. The van der Waals surface area contributed by atoms with Crippen LogP contribution in [0.4, 0.5) is 5.69 Å². The van der Waals surface area contributed by atoms with E-state index >= 15 is 0 Å². The van der Waals surface area contributed by atoms with Crippen molar-refractivity contribution in [2.45, 2.75) is 76.3 Å². The third-order valence-corrected chi connectivity index (χ3v) is 6.76. The molecule has 152 valence electrons. The molecule has 2 aliphatic carbocycles. The summed E-state index contributed by atoms with van der Waals surface area (Å²) in [6.45, 7) is 0. The van der Waals surface area contributed by atoms with Gasteiger partial charge in [0.2, 0.25) is 0 Å². The maximum Gasteiger partial charge on any atom is 0.270 e. The van der Waals surface area contributed by atoms with Gasteiger partial charge in [0.1, 0.15) is 0 Å². The van der Waals surface area contributed by atoms with Crippen molar-refractivity contribution < 1.29 is 21.9 Å². The van der Waals surface area contributed by atoms with E-state index in [1.165, 1.54) is 64.2 Å². The van der Waals surface area contributed by atoms with Crippen LogP contribution >= 0.6 is 11.3 Å². The van der Waals surface area contributed by atoms with Crippen molar-refractivity contribution in [1.82, 2.24) is 4.57 Å². The van der Waals surface area contributed by atoms with Crippen LogP contribution in [-0.4, -0.2) is 15.5 Å². The summed E-state index contributed by atoms with van der Waals surface area (Å²) in [5, 5.41) is 13.4. The Kier molecular flexibility index (Phi) is 7.46. The molecule has 7 heteroatoms. The Morgan fingerprint density at radius 3 is 2.39 bits per heavy atom. The molecule has 0 atom stereocenters. The minimum atomic E-state index is -0.311. The Morgan fingerprint density at radius 1 is 1.04 bits per heavy atom. The van der Waals surface area contributed by atoms with E-state index in [2.05, 4.69) is 9.95 Å². The van der Waals surface area contributed by atoms with Crippen LogP contribution in [0, 0.1) is 10.1 Å². The fourth-order valence-electron chi connectivity index (χ4n) is 4.46. The van der Waals surface area contributed by atoms with E-state index in [1.807, 2.05) is 6.07 Å². The van der Waals surface area contributed by atoms with Crippen LogP contribution in [-0.2, 0) is 0 Å². The van der Waals surface area contributed by atoms with E-state index in [1.54, 1.807) is 29.5 Å². The van der Waals surface area contributed by atoms with Crippen molar-refractivity contribution in [3.05, 3.63) is 44.6 Å². The van der Waals surface area contributed by atoms with Crippen LogP contribution in [0.2, 0.25) is 0 Å². The molecule has 0 aliphatic heterocycles. The Labute approximate surface area is 180 Å². The number of benzene rings is 1. The Hall–Kier alpha value is -1.47. The van der Waals surface area contributed by atoms with Crippen LogP contribution in [0.3, 0.4) is 0 Å². The number of nitrogens with zero attached hydrogens (tertiary/aromatic N) is 3. The molecule has 0 saturated heterocycles. The standard InChI is InChI=1S/C21H27N3O2S.BrH/c25-24(26)19-13-7-8-16(14-19)20-15-27-21(22-17-9-3-1-4-10-17)23(20)18-11-5-2-6-12-18;/h7-8,13-15,17-18H,1-6,9-12H2;1H/p-1. The Bertz CT molecular complexity index is 865. The van der Waals surface area contributed by atoms with Gasteiger partial charge in [-0.25, -0.2) is 0 Å². The summed E-state index contributed by atoms with van der Waals surface area (Å²) in [6.07, 6.45) is 12.4. The highest BCUT2D eigenvalue weighted by Gasteiger charge is 2.22. The van der Waals surface area contributed by atoms with Crippen molar-refractivity contribution in [3.63, 3.8) is 0 Å². The molecule has 28 heavy (non-hydrogen) atoms. The number of nitro benzene ring substituents is 1. The van der Waals surface area contributed by atoms with Gasteiger partial charge in [0.25, 0.3) is 5.69 Å². The lowest BCUT2D eigenvalue weighted by atomic mass is 9.94. The molecule has 0 radical (unpaired) electrons. The molecule has 1 aromatic heterocycles. The van der Waals surface area contributed by atoms with Gasteiger partial charge in [-0.3, -0.25) is 15.1 Å². The molecule has 5 nitrogen and oxygen atoms in total. The monoisotopic (exact) mass is 464 g/mol. The van der Waals surface area contributed by atoms with Crippen molar-refractivity contribution >= 4 is 17.0 Å². The summed E-state index contributed by atoms with van der Waals surface area (Å²) >= 11 is 1.70. The lowest BCUT2D eigenvalue weighted by Gasteiger charge is -2.26. The van der Waals surface area contributed by atoms with Gasteiger partial charge in [-0.15, -0.1) is 11.3 Å². The Balaban J connectivity index is 0.00000225. The first-order valence-corrected chi connectivity index (χ1v) is 11.1. The van der Waals surface area contributed by atoms with E-state index < -0.39 is 0 Å². The van der Waals surface area contributed by atoms with E-state index in [4.69, 9.17) is 4.99 Å². The van der Waals surface area contributed by atoms with Gasteiger partial charge in [-0.2, -0.15) is 0 Å². The molecule has 2 fully saturated rings. The number of aromatic nitrogens is 1. The molecule has 0 N–H and O–H groups in total. The molecule has 4 rings (SSSR count). The number of hydrogen-bond donors (Lipinski definition) is 0. The first-order valence-electron chi connectivity index (χ1n) is 10.2. The van der Waals surface area contributed by atoms with Gasteiger partial charge < -0.3 is 21.5 Å². The third kappa shape index (κ3) is 4.74. The SMILES string of the molecule is O=[N+]([O-])c1cccc(-c2csc(=NC3CCCCC3)n2C2CCCCC2)c1.[Br-]. The molecule has 2 aromatic rings. The largest absolute Gasteiger partial charge is 1.00 e. The van der Waals surface area contributed by atoms with Gasteiger partial charge in [-0.1, -0.05) is 50.7 Å². The van der Waals surface area contributed by atoms with Crippen LogP contribution in [0.5, 0.6) is 0 Å². The summed E-state index contributed by atoms with van der Waals surface area (Å²) in [6, 6.07) is 7.93. The minimum Gasteiger partial charge on any atom is -1.00 e. The van der Waals surface area contributed by atoms with E-state index in [0.29, 0.717) is 12.1 Å². The molecule has 1 heterocycles. The summed E-state index contributed by atoms with van der Waals surface area (Å²) in [5.74, 6) is 0. The summed E-state index contributed by atoms with van der Waals surface area (Å²) in [7, 11) is 0. The number of rotatable bonds is 4. The third-order valence-electron chi connectivity index (χ3n) is 5.90. The number of nitro groups is 1. The highest BCUT2D eigenvalue weighted by atomic mass is 79.9. The highest BCUT2D eigenvalue weighted by Crippen LogP contribution is 2.33. The van der Waals surface area contributed by atoms with Crippen LogP contribution in [0.25, 0.3) is 11.3 Å². The van der Waals surface area contributed by atoms with Crippen LogP contribution in [0.1, 0.15) is 70.3 Å². The van der Waals surface area contributed by atoms with Gasteiger partial charge in [0, 0.05) is 29.1 Å². The predicted octanol–water partition coefficient (Wildman–Crippen LogP) is 2.87. The van der Waals surface area contributed by atoms with E-state index in [9.17, 15) is 10.1 Å². The molecule has 0 unspecified atom stereocenters. The second kappa shape index (κ2) is 9.83. The lowest BCUT2D eigenvalue weighted by Crippen LogP contribution is -3.00. The average Bonchev–Trinajstić information content (AvgIpc) is 3.13. The zero-order chi connectivity index (χ0) is 18.6. The van der Waals surface area contributed by atoms with Gasteiger partial charge in [-0.05, 0) is 25.7 Å². The van der Waals surface area contributed by atoms with Gasteiger partial charge in [0.05, 0.1) is 16.7 Å². The van der Waals surface area contributed by atoms with Crippen LogP contribution in [0.15, 0.2) is 34.6 Å². The highest BCUT2D eigenvalue weighted by molar-refractivity contribution is 7.07. The number of thiazole rings is 1. The molecular formula is C21H27BrN3O2S-. The maximum atomic E-state index is 11.2. The zero-order valence-electron chi connectivity index (χ0n) is 16.1. The summed E-state index contributed by atoms with van der Waals surface area (Å²) < 4.78 is 2.40. The van der Waals surface area contributed by atoms with Crippen molar-refractivity contribution in [2.24, 2.45) is 4.99 Å². The lowest BCUT2D eigenvalue weighted by molar-refractivity contribution is -0.384. The van der Waals surface area contributed by atoms with E-state index in [0.717, 1.165) is 16.1 Å². The number of non-ortho nitro benzene ring substituents is 1. The molecule has 2 aliphatic rings. The second-order valence-electron chi connectivity index (χ2n) is 7.79. The van der Waals surface area contributed by atoms with E-state index in [-0.39, 0.29) is 27.6 Å². The smallest absolute Gasteiger partial charge is 0.270 e. The van der Waals surface area contributed by atoms with Crippen molar-refractivity contribution in [1.29, 1.82) is 0 Å². The maximum absolute atomic E-state index is 11.2. The minimum absolute atomic E-state index is 0. The molecule has 0 amide bonds. The molecule has 0 spiro atoms. The summed E-state index contributed by atoms with van der Waals surface area (Å²) in [4.78, 5) is 17.2. The van der Waals surface area contributed by atoms with Gasteiger partial charge >= 0.3 is 0 Å². The zero-order valence-corrected chi connectivity index (χ0v) is 18.5. The molecule has 1 aromatic carbocycles. The topological polar surface area (TPSA) is 60.4 Å². The predicted molar refractivity (Wildman–Crippen MR) is 109 cm³/mol.